The molecule has 0 saturated heterocycles. The van der Waals surface area contributed by atoms with E-state index in [1.165, 1.54) is 0 Å². The molecule has 6 heteroatoms. The molecule has 0 aliphatic carbocycles. The van der Waals surface area contributed by atoms with Gasteiger partial charge in [0.2, 0.25) is 4.96 Å². The van der Waals surface area contributed by atoms with E-state index >= 15 is 0 Å². The zero-order chi connectivity index (χ0) is 14.1. The summed E-state index contributed by atoms with van der Waals surface area (Å²) in [6, 6.07) is 5.77. The summed E-state index contributed by atoms with van der Waals surface area (Å²) >= 11 is 1.62. The number of fused-ring (bicyclic) bond motifs is 1. The summed E-state index contributed by atoms with van der Waals surface area (Å²) in [6.45, 7) is 2.09. The number of imidazole rings is 1. The lowest BCUT2D eigenvalue weighted by Crippen LogP contribution is -1.91. The van der Waals surface area contributed by atoms with Crippen LogP contribution in [0.25, 0.3) is 16.2 Å². The lowest BCUT2D eigenvalue weighted by molar-refractivity contribution is 0.355. The number of rotatable bonds is 4. The van der Waals surface area contributed by atoms with E-state index in [9.17, 15) is 0 Å². The van der Waals surface area contributed by atoms with Crippen molar-refractivity contribution in [3.63, 3.8) is 0 Å². The van der Waals surface area contributed by atoms with Gasteiger partial charge in [-0.15, -0.1) is 0 Å². The molecule has 5 nitrogen and oxygen atoms in total. The Morgan fingerprint density at radius 3 is 2.65 bits per heavy atom. The molecule has 0 spiro atoms. The largest absolute Gasteiger partial charge is 0.493 e. The van der Waals surface area contributed by atoms with E-state index in [4.69, 9.17) is 9.47 Å². The number of benzene rings is 1. The highest BCUT2D eigenvalue weighted by atomic mass is 32.1. The Balaban J connectivity index is 2.03. The average Bonchev–Trinajstić information content (AvgIpc) is 3.04. The molecule has 1 aromatic carbocycles. The molecular weight excluding hydrogens is 274 g/mol. The summed E-state index contributed by atoms with van der Waals surface area (Å²) in [5.41, 5.74) is 1.87. The van der Waals surface area contributed by atoms with Gasteiger partial charge in [-0.1, -0.05) is 18.3 Å². The van der Waals surface area contributed by atoms with Gasteiger partial charge in [-0.2, -0.15) is 5.10 Å². The first kappa shape index (κ1) is 12.9. The van der Waals surface area contributed by atoms with E-state index in [0.717, 1.165) is 27.6 Å². The molecular formula is C14H15N3O2S. The average molecular weight is 289 g/mol. The molecule has 0 aliphatic rings. The summed E-state index contributed by atoms with van der Waals surface area (Å²) in [5, 5.41) is 5.56. The van der Waals surface area contributed by atoms with E-state index in [2.05, 4.69) is 17.0 Å². The van der Waals surface area contributed by atoms with E-state index in [1.807, 2.05) is 28.9 Å². The molecule has 20 heavy (non-hydrogen) atoms. The first-order valence-corrected chi connectivity index (χ1v) is 7.14. The minimum atomic E-state index is 0.698. The van der Waals surface area contributed by atoms with Crippen LogP contribution in [0.5, 0.6) is 11.5 Å². The van der Waals surface area contributed by atoms with Crippen LogP contribution < -0.4 is 9.47 Å². The number of nitrogens with zero attached hydrogens (tertiary/aromatic N) is 3. The third-order valence-electron chi connectivity index (χ3n) is 3.07. The van der Waals surface area contributed by atoms with Crippen molar-refractivity contribution in [1.29, 1.82) is 0 Å². The Bertz CT molecular complexity index is 717. The summed E-state index contributed by atoms with van der Waals surface area (Å²) in [7, 11) is 3.25. The van der Waals surface area contributed by atoms with E-state index in [-0.39, 0.29) is 0 Å². The summed E-state index contributed by atoms with van der Waals surface area (Å²) in [6.07, 6.45) is 2.87. The molecule has 2 heterocycles. The number of hydrogen-bond acceptors (Lipinski definition) is 5. The molecule has 0 saturated carbocycles. The summed E-state index contributed by atoms with van der Waals surface area (Å²) in [5.74, 6) is 1.41. The predicted octanol–water partition coefficient (Wildman–Crippen LogP) is 3.04. The molecule has 0 amide bonds. The number of ether oxygens (including phenoxy) is 2. The second-order valence-corrected chi connectivity index (χ2v) is 5.31. The molecule has 0 unspecified atom stereocenters. The molecule has 0 fully saturated rings. The van der Waals surface area contributed by atoms with Gasteiger partial charge < -0.3 is 9.47 Å². The van der Waals surface area contributed by atoms with Gasteiger partial charge in [-0.05, 0) is 24.6 Å². The molecule has 3 aromatic rings. The van der Waals surface area contributed by atoms with Gasteiger partial charge in [-0.25, -0.2) is 9.50 Å². The highest BCUT2D eigenvalue weighted by molar-refractivity contribution is 7.16. The fourth-order valence-electron chi connectivity index (χ4n) is 2.02. The Morgan fingerprint density at radius 1 is 1.20 bits per heavy atom. The Morgan fingerprint density at radius 2 is 2.00 bits per heavy atom. The van der Waals surface area contributed by atoms with Crippen LogP contribution in [-0.4, -0.2) is 28.8 Å². The number of aromatic nitrogens is 3. The lowest BCUT2D eigenvalue weighted by Gasteiger charge is -2.08. The Hall–Kier alpha value is -2.08. The number of aryl methyl sites for hydroxylation is 1. The third-order valence-corrected chi connectivity index (χ3v) is 4.13. The number of hydrogen-bond donors (Lipinski definition) is 0. The van der Waals surface area contributed by atoms with E-state index in [1.54, 1.807) is 25.6 Å². The minimum absolute atomic E-state index is 0.698. The van der Waals surface area contributed by atoms with E-state index in [0.29, 0.717) is 11.5 Å². The maximum atomic E-state index is 5.32. The lowest BCUT2D eigenvalue weighted by atomic mass is 10.1. The zero-order valence-electron chi connectivity index (χ0n) is 11.6. The molecule has 2 aromatic heterocycles. The quantitative estimate of drug-likeness (QED) is 0.740. The molecule has 0 bridgehead atoms. The van der Waals surface area contributed by atoms with Crippen molar-refractivity contribution in [1.82, 2.24) is 14.6 Å². The van der Waals surface area contributed by atoms with Crippen molar-refractivity contribution >= 4 is 16.3 Å². The van der Waals surface area contributed by atoms with Crippen molar-refractivity contribution in [3.05, 3.63) is 29.4 Å². The minimum Gasteiger partial charge on any atom is -0.493 e. The van der Waals surface area contributed by atoms with Crippen LogP contribution in [0.3, 0.4) is 0 Å². The van der Waals surface area contributed by atoms with Crippen LogP contribution in [0.2, 0.25) is 0 Å². The Labute approximate surface area is 120 Å². The maximum absolute atomic E-state index is 5.32. The van der Waals surface area contributed by atoms with Gasteiger partial charge in [0.05, 0.1) is 26.1 Å². The number of methoxy groups -OCH3 is 2. The highest BCUT2D eigenvalue weighted by Crippen LogP contribution is 2.32. The predicted molar refractivity (Wildman–Crippen MR) is 78.8 cm³/mol. The van der Waals surface area contributed by atoms with Crippen LogP contribution in [0.4, 0.5) is 0 Å². The third kappa shape index (κ3) is 2.12. The van der Waals surface area contributed by atoms with Gasteiger partial charge in [-0.3, -0.25) is 0 Å². The first-order valence-electron chi connectivity index (χ1n) is 6.32. The van der Waals surface area contributed by atoms with Crippen LogP contribution in [0.1, 0.15) is 11.9 Å². The standard InChI is InChI=1S/C14H15N3O2S/c1-4-13-16-17-8-10(15-14(17)20-13)9-5-6-11(18-2)12(7-9)19-3/h5-8H,4H2,1-3H3. The normalized spacial score (nSPS) is 10.9. The van der Waals surface area contributed by atoms with Crippen molar-refractivity contribution in [3.8, 4) is 22.8 Å². The van der Waals surface area contributed by atoms with Crippen LogP contribution in [0, 0.1) is 0 Å². The fourth-order valence-corrected chi connectivity index (χ4v) is 2.83. The second kappa shape index (κ2) is 5.13. The Kier molecular flexibility index (Phi) is 3.31. The van der Waals surface area contributed by atoms with Gasteiger partial charge in [0.15, 0.2) is 11.5 Å². The van der Waals surface area contributed by atoms with Gasteiger partial charge in [0, 0.05) is 5.56 Å². The van der Waals surface area contributed by atoms with Crippen LogP contribution >= 0.6 is 11.3 Å². The summed E-state index contributed by atoms with van der Waals surface area (Å²) in [4.78, 5) is 5.51. The molecule has 104 valence electrons. The summed E-state index contributed by atoms with van der Waals surface area (Å²) < 4.78 is 12.4. The van der Waals surface area contributed by atoms with Crippen LogP contribution in [-0.2, 0) is 6.42 Å². The van der Waals surface area contributed by atoms with Gasteiger partial charge >= 0.3 is 0 Å². The zero-order valence-corrected chi connectivity index (χ0v) is 12.4. The highest BCUT2D eigenvalue weighted by Gasteiger charge is 2.11. The van der Waals surface area contributed by atoms with Gasteiger partial charge in [0.1, 0.15) is 5.01 Å². The second-order valence-electron chi connectivity index (χ2n) is 4.27. The molecule has 3 rings (SSSR count). The van der Waals surface area contributed by atoms with Crippen molar-refractivity contribution in [2.24, 2.45) is 0 Å². The topological polar surface area (TPSA) is 48.7 Å². The SMILES string of the molecule is CCc1nn2cc(-c3ccc(OC)c(OC)c3)nc2s1. The van der Waals surface area contributed by atoms with Crippen molar-refractivity contribution < 1.29 is 9.47 Å². The van der Waals surface area contributed by atoms with Crippen LogP contribution in [0.15, 0.2) is 24.4 Å². The molecule has 0 atom stereocenters. The van der Waals surface area contributed by atoms with Crippen molar-refractivity contribution in [2.75, 3.05) is 14.2 Å². The van der Waals surface area contributed by atoms with Gasteiger partial charge in [0.25, 0.3) is 0 Å². The molecule has 0 N–H and O–H groups in total. The van der Waals surface area contributed by atoms with Crippen molar-refractivity contribution in [2.45, 2.75) is 13.3 Å². The molecule has 0 radical (unpaired) electrons. The van der Waals surface area contributed by atoms with E-state index < -0.39 is 0 Å². The smallest absolute Gasteiger partial charge is 0.212 e. The monoisotopic (exact) mass is 289 g/mol. The fraction of sp³-hybridized carbons (Fsp3) is 0.286. The first-order chi connectivity index (χ1) is 9.75. The molecule has 0 aliphatic heterocycles. The maximum Gasteiger partial charge on any atom is 0.212 e.